The molecule has 0 aromatic rings. The molecule has 1 amide bonds. The van der Waals surface area contributed by atoms with Gasteiger partial charge in [0.1, 0.15) is 6.04 Å². The Morgan fingerprint density at radius 1 is 1.22 bits per heavy atom. The van der Waals surface area contributed by atoms with Gasteiger partial charge >= 0.3 is 11.9 Å². The molecule has 0 saturated heterocycles. The van der Waals surface area contributed by atoms with Gasteiger partial charge in [0.15, 0.2) is 0 Å². The standard InChI is InChI=1S/C12H19NO5/c1-7(6-9(14)17-2)10(12(16)18-3)13-11(15)8-4-5-8/h7-8,10H,4-6H2,1-3H3,(H,13,15)/t7-,10+/m0/s1. The lowest BCUT2D eigenvalue weighted by Crippen LogP contribution is -2.47. The Hall–Kier alpha value is -1.59. The average molecular weight is 257 g/mol. The third-order valence-corrected chi connectivity index (χ3v) is 2.99. The van der Waals surface area contributed by atoms with Crippen LogP contribution in [0.3, 0.4) is 0 Å². The Morgan fingerprint density at radius 2 is 1.83 bits per heavy atom. The number of hydrogen-bond acceptors (Lipinski definition) is 5. The van der Waals surface area contributed by atoms with Crippen LogP contribution in [0.4, 0.5) is 0 Å². The number of ether oxygens (including phenoxy) is 2. The monoisotopic (exact) mass is 257 g/mol. The maximum absolute atomic E-state index is 11.7. The van der Waals surface area contributed by atoms with E-state index in [-0.39, 0.29) is 24.2 Å². The molecular weight excluding hydrogens is 238 g/mol. The van der Waals surface area contributed by atoms with Crippen molar-refractivity contribution in [3.05, 3.63) is 0 Å². The second-order valence-corrected chi connectivity index (χ2v) is 4.54. The quantitative estimate of drug-likeness (QED) is 0.690. The number of amides is 1. The van der Waals surface area contributed by atoms with Crippen LogP contribution in [0.5, 0.6) is 0 Å². The van der Waals surface area contributed by atoms with Crippen LogP contribution in [-0.4, -0.2) is 38.1 Å². The predicted molar refractivity (Wildman–Crippen MR) is 62.5 cm³/mol. The normalized spacial score (nSPS) is 17.5. The van der Waals surface area contributed by atoms with Crippen molar-refractivity contribution in [1.82, 2.24) is 5.32 Å². The summed E-state index contributed by atoms with van der Waals surface area (Å²) in [4.78, 5) is 34.5. The number of carbonyl (C=O) groups is 3. The lowest BCUT2D eigenvalue weighted by molar-refractivity contribution is -0.148. The van der Waals surface area contributed by atoms with Crippen molar-refractivity contribution >= 4 is 17.8 Å². The Morgan fingerprint density at radius 3 is 2.28 bits per heavy atom. The van der Waals surface area contributed by atoms with Gasteiger partial charge in [-0.2, -0.15) is 0 Å². The minimum Gasteiger partial charge on any atom is -0.469 e. The van der Waals surface area contributed by atoms with Crippen LogP contribution in [0.25, 0.3) is 0 Å². The van der Waals surface area contributed by atoms with Gasteiger partial charge in [-0.3, -0.25) is 9.59 Å². The highest BCUT2D eigenvalue weighted by molar-refractivity contribution is 5.87. The van der Waals surface area contributed by atoms with Gasteiger partial charge in [0, 0.05) is 5.92 Å². The molecular formula is C12H19NO5. The molecule has 1 fully saturated rings. The van der Waals surface area contributed by atoms with Gasteiger partial charge in [-0.05, 0) is 18.8 Å². The van der Waals surface area contributed by atoms with E-state index in [1.807, 2.05) is 0 Å². The molecule has 0 unspecified atom stereocenters. The summed E-state index contributed by atoms with van der Waals surface area (Å²) >= 11 is 0. The number of carbonyl (C=O) groups excluding carboxylic acids is 3. The Labute approximate surface area is 106 Å². The van der Waals surface area contributed by atoms with E-state index in [1.54, 1.807) is 6.92 Å². The number of rotatable bonds is 6. The highest BCUT2D eigenvalue weighted by atomic mass is 16.5. The lowest BCUT2D eigenvalue weighted by Gasteiger charge is -2.22. The van der Waals surface area contributed by atoms with Crippen LogP contribution in [0, 0.1) is 11.8 Å². The van der Waals surface area contributed by atoms with Gasteiger partial charge in [-0.15, -0.1) is 0 Å². The molecule has 1 aliphatic rings. The van der Waals surface area contributed by atoms with E-state index in [0.29, 0.717) is 0 Å². The summed E-state index contributed by atoms with van der Waals surface area (Å²) in [5, 5.41) is 2.64. The van der Waals surface area contributed by atoms with Crippen molar-refractivity contribution in [2.24, 2.45) is 11.8 Å². The van der Waals surface area contributed by atoms with Gasteiger partial charge in [-0.1, -0.05) is 6.92 Å². The maximum Gasteiger partial charge on any atom is 0.328 e. The third kappa shape index (κ3) is 4.01. The van der Waals surface area contributed by atoms with Crippen molar-refractivity contribution in [2.45, 2.75) is 32.2 Å². The summed E-state index contributed by atoms with van der Waals surface area (Å²) < 4.78 is 9.19. The van der Waals surface area contributed by atoms with Gasteiger partial charge in [0.05, 0.1) is 20.6 Å². The van der Waals surface area contributed by atoms with E-state index in [1.165, 1.54) is 14.2 Å². The average Bonchev–Trinajstić information content (AvgIpc) is 3.18. The van der Waals surface area contributed by atoms with E-state index in [0.717, 1.165) is 12.8 Å². The summed E-state index contributed by atoms with van der Waals surface area (Å²) in [5.41, 5.74) is 0. The number of methoxy groups -OCH3 is 2. The van der Waals surface area contributed by atoms with Gasteiger partial charge < -0.3 is 14.8 Å². The van der Waals surface area contributed by atoms with Crippen LogP contribution in [0.2, 0.25) is 0 Å². The molecule has 2 atom stereocenters. The first-order chi connectivity index (χ1) is 8.49. The fourth-order valence-corrected chi connectivity index (χ4v) is 1.64. The topological polar surface area (TPSA) is 81.7 Å². The van der Waals surface area contributed by atoms with Crippen molar-refractivity contribution in [2.75, 3.05) is 14.2 Å². The van der Waals surface area contributed by atoms with Crippen LogP contribution in [0.1, 0.15) is 26.2 Å². The molecule has 0 aliphatic heterocycles. The van der Waals surface area contributed by atoms with Gasteiger partial charge in [0.2, 0.25) is 5.91 Å². The summed E-state index contributed by atoms with van der Waals surface area (Å²) in [7, 11) is 2.54. The SMILES string of the molecule is COC(=O)C[C@H](C)[C@@H](NC(=O)C1CC1)C(=O)OC. The fraction of sp³-hybridized carbons (Fsp3) is 0.750. The van der Waals surface area contributed by atoms with E-state index in [2.05, 4.69) is 14.8 Å². The van der Waals surface area contributed by atoms with Crippen LogP contribution in [-0.2, 0) is 23.9 Å². The van der Waals surface area contributed by atoms with Crippen LogP contribution in [0.15, 0.2) is 0 Å². The molecule has 1 N–H and O–H groups in total. The Bertz CT molecular complexity index is 337. The molecule has 0 spiro atoms. The fourth-order valence-electron chi connectivity index (χ4n) is 1.64. The molecule has 102 valence electrons. The van der Waals surface area contributed by atoms with E-state index < -0.39 is 18.0 Å². The molecule has 0 bridgehead atoms. The summed E-state index contributed by atoms with van der Waals surface area (Å²) in [6.45, 7) is 1.70. The van der Waals surface area contributed by atoms with E-state index in [4.69, 9.17) is 0 Å². The third-order valence-electron chi connectivity index (χ3n) is 2.99. The Kier molecular flexibility index (Phi) is 5.12. The smallest absolute Gasteiger partial charge is 0.328 e. The second kappa shape index (κ2) is 6.37. The first-order valence-electron chi connectivity index (χ1n) is 5.94. The van der Waals surface area contributed by atoms with Crippen molar-refractivity contribution in [3.8, 4) is 0 Å². The molecule has 18 heavy (non-hydrogen) atoms. The molecule has 0 heterocycles. The number of esters is 2. The van der Waals surface area contributed by atoms with E-state index in [9.17, 15) is 14.4 Å². The second-order valence-electron chi connectivity index (χ2n) is 4.54. The highest BCUT2D eigenvalue weighted by Gasteiger charge is 2.35. The maximum atomic E-state index is 11.7. The van der Waals surface area contributed by atoms with Crippen molar-refractivity contribution in [1.29, 1.82) is 0 Å². The zero-order chi connectivity index (χ0) is 13.7. The molecule has 0 radical (unpaired) electrons. The summed E-state index contributed by atoms with van der Waals surface area (Å²) in [6.07, 6.45) is 1.76. The summed E-state index contributed by atoms with van der Waals surface area (Å²) in [5.74, 6) is -1.48. The van der Waals surface area contributed by atoms with Crippen LogP contribution >= 0.6 is 0 Å². The highest BCUT2D eigenvalue weighted by Crippen LogP contribution is 2.29. The van der Waals surface area contributed by atoms with Crippen LogP contribution < -0.4 is 5.32 Å². The number of hydrogen-bond donors (Lipinski definition) is 1. The largest absolute Gasteiger partial charge is 0.469 e. The van der Waals surface area contributed by atoms with Gasteiger partial charge in [-0.25, -0.2) is 4.79 Å². The first-order valence-corrected chi connectivity index (χ1v) is 5.94. The molecule has 0 aromatic carbocycles. The molecule has 1 aliphatic carbocycles. The van der Waals surface area contributed by atoms with Crippen molar-refractivity contribution < 1.29 is 23.9 Å². The minimum absolute atomic E-state index is 0.00230. The molecule has 6 nitrogen and oxygen atoms in total. The first kappa shape index (κ1) is 14.5. The van der Waals surface area contributed by atoms with Crippen molar-refractivity contribution in [3.63, 3.8) is 0 Å². The zero-order valence-corrected chi connectivity index (χ0v) is 10.9. The minimum atomic E-state index is -0.804. The molecule has 1 rings (SSSR count). The Balaban J connectivity index is 2.61. The predicted octanol–water partition coefficient (Wildman–Crippen LogP) is 0.253. The summed E-state index contributed by atoms with van der Waals surface area (Å²) in [6, 6.07) is -0.804. The zero-order valence-electron chi connectivity index (χ0n) is 10.9. The molecule has 0 aromatic heterocycles. The molecule has 1 saturated carbocycles. The van der Waals surface area contributed by atoms with Gasteiger partial charge in [0.25, 0.3) is 0 Å². The number of nitrogens with one attached hydrogen (secondary N) is 1. The van der Waals surface area contributed by atoms with E-state index >= 15 is 0 Å². The molecule has 6 heteroatoms. The lowest BCUT2D eigenvalue weighted by atomic mass is 9.98.